The summed E-state index contributed by atoms with van der Waals surface area (Å²) in [6, 6.07) is 0. The Morgan fingerprint density at radius 1 is 1.29 bits per heavy atom. The van der Waals surface area contributed by atoms with Crippen LogP contribution in [0.2, 0.25) is 0 Å². The van der Waals surface area contributed by atoms with E-state index in [1.54, 1.807) is 0 Å². The van der Waals surface area contributed by atoms with Crippen LogP contribution in [-0.2, 0) is 15.0 Å². The van der Waals surface area contributed by atoms with E-state index in [1.807, 2.05) is 0 Å². The van der Waals surface area contributed by atoms with Gasteiger partial charge in [-0.2, -0.15) is 8.42 Å². The van der Waals surface area contributed by atoms with E-state index in [0.29, 0.717) is 18.4 Å². The van der Waals surface area contributed by atoms with Crippen LogP contribution < -0.4 is 0 Å². The summed E-state index contributed by atoms with van der Waals surface area (Å²) in [5.41, 5.74) is -0.101. The Morgan fingerprint density at radius 3 is 2.41 bits per heavy atom. The Balaban J connectivity index is 2.17. The van der Waals surface area contributed by atoms with Gasteiger partial charge in [-0.15, -0.1) is 3.89 Å². The molecule has 0 bridgehead atoms. The number of hydrogen-bond donors (Lipinski definition) is 0. The van der Waals surface area contributed by atoms with Crippen molar-refractivity contribution in [3.8, 4) is 0 Å². The fourth-order valence-corrected chi connectivity index (χ4v) is 4.75. The van der Waals surface area contributed by atoms with Gasteiger partial charge in [-0.3, -0.25) is 0 Å². The van der Waals surface area contributed by atoms with Gasteiger partial charge >= 0.3 is 10.2 Å². The third kappa shape index (κ3) is 2.99. The van der Waals surface area contributed by atoms with Gasteiger partial charge in [0.15, 0.2) is 0 Å². The van der Waals surface area contributed by atoms with Gasteiger partial charge in [0.25, 0.3) is 0 Å². The van der Waals surface area contributed by atoms with E-state index in [1.165, 1.54) is 6.42 Å². The fraction of sp³-hybridized carbons (Fsp3) is 1.00. The Morgan fingerprint density at radius 2 is 1.88 bits per heavy atom. The predicted octanol–water partition coefficient (Wildman–Crippen LogP) is 2.52. The largest absolute Gasteiger partial charge is 0.376 e. The molecular weight excluding hydrogens is 243 g/mol. The summed E-state index contributed by atoms with van der Waals surface area (Å²) in [7, 11) is -4.44. The SMILES string of the molecule is CC1CC(C)CC2(CCOC2CS(=O)(=O)F)C1. The highest BCUT2D eigenvalue weighted by Gasteiger charge is 2.49. The molecule has 17 heavy (non-hydrogen) atoms. The van der Waals surface area contributed by atoms with Gasteiger partial charge in [-0.25, -0.2) is 0 Å². The molecule has 0 aromatic rings. The highest BCUT2D eigenvalue weighted by Crippen LogP contribution is 2.51. The average molecular weight is 264 g/mol. The Kier molecular flexibility index (Phi) is 3.51. The second-order valence-corrected chi connectivity index (χ2v) is 7.44. The van der Waals surface area contributed by atoms with Gasteiger partial charge in [0.05, 0.1) is 6.10 Å². The van der Waals surface area contributed by atoms with Crippen molar-refractivity contribution in [2.45, 2.75) is 45.6 Å². The van der Waals surface area contributed by atoms with Crippen LogP contribution in [0, 0.1) is 17.3 Å². The Hall–Kier alpha value is -0.160. The topological polar surface area (TPSA) is 43.4 Å². The molecule has 1 saturated carbocycles. The molecule has 0 aromatic heterocycles. The van der Waals surface area contributed by atoms with E-state index in [2.05, 4.69) is 13.8 Å². The second-order valence-electron chi connectivity index (χ2n) is 6.03. The third-order valence-corrected chi connectivity index (χ3v) is 4.97. The lowest BCUT2D eigenvalue weighted by Gasteiger charge is -2.42. The van der Waals surface area contributed by atoms with E-state index < -0.39 is 22.1 Å². The maximum atomic E-state index is 12.9. The summed E-state index contributed by atoms with van der Waals surface area (Å²) in [6.07, 6.45) is 3.55. The zero-order valence-corrected chi connectivity index (χ0v) is 11.3. The average Bonchev–Trinajstić information content (AvgIpc) is 2.43. The summed E-state index contributed by atoms with van der Waals surface area (Å²) in [6.45, 7) is 4.95. The molecule has 1 spiro atoms. The van der Waals surface area contributed by atoms with Crippen molar-refractivity contribution in [3.05, 3.63) is 0 Å². The minimum absolute atomic E-state index is 0.101. The number of rotatable bonds is 2. The molecular formula is C12H21FO3S. The first-order valence-electron chi connectivity index (χ1n) is 6.35. The van der Waals surface area contributed by atoms with E-state index in [4.69, 9.17) is 4.74 Å². The van der Waals surface area contributed by atoms with Gasteiger partial charge in [-0.05, 0) is 37.5 Å². The number of ether oxygens (including phenoxy) is 1. The zero-order valence-electron chi connectivity index (χ0n) is 10.5. The van der Waals surface area contributed by atoms with Gasteiger partial charge in [0.1, 0.15) is 5.75 Å². The first-order valence-corrected chi connectivity index (χ1v) is 7.90. The third-order valence-electron chi connectivity index (χ3n) is 4.27. The van der Waals surface area contributed by atoms with E-state index in [9.17, 15) is 12.3 Å². The molecule has 1 heterocycles. The molecule has 1 saturated heterocycles. The van der Waals surface area contributed by atoms with Crippen molar-refractivity contribution >= 4 is 10.2 Å². The highest BCUT2D eigenvalue weighted by atomic mass is 32.3. The first kappa shape index (κ1) is 13.3. The minimum atomic E-state index is -4.44. The normalized spacial score (nSPS) is 43.1. The molecule has 0 N–H and O–H groups in total. The van der Waals surface area contributed by atoms with Gasteiger partial charge in [0.2, 0.25) is 0 Å². The van der Waals surface area contributed by atoms with Crippen LogP contribution in [0.25, 0.3) is 0 Å². The maximum Gasteiger partial charge on any atom is 0.304 e. The smallest absolute Gasteiger partial charge is 0.304 e. The molecule has 2 aliphatic rings. The summed E-state index contributed by atoms with van der Waals surface area (Å²) in [4.78, 5) is 0. The van der Waals surface area contributed by atoms with Gasteiger partial charge in [0, 0.05) is 12.0 Å². The molecule has 5 heteroatoms. The number of hydrogen-bond acceptors (Lipinski definition) is 3. The summed E-state index contributed by atoms with van der Waals surface area (Å²) in [5.74, 6) is 0.683. The first-order chi connectivity index (χ1) is 7.81. The van der Waals surface area contributed by atoms with Crippen LogP contribution in [0.3, 0.4) is 0 Å². The second kappa shape index (κ2) is 4.50. The van der Waals surface area contributed by atoms with Crippen LogP contribution in [0.15, 0.2) is 0 Å². The molecule has 0 amide bonds. The quantitative estimate of drug-likeness (QED) is 0.720. The van der Waals surface area contributed by atoms with Crippen LogP contribution in [0.1, 0.15) is 39.5 Å². The van der Waals surface area contributed by atoms with Crippen molar-refractivity contribution in [2.24, 2.45) is 17.3 Å². The molecule has 2 rings (SSSR count). The van der Waals surface area contributed by atoms with Crippen LogP contribution >= 0.6 is 0 Å². The Bertz CT molecular complexity index is 369. The van der Waals surface area contributed by atoms with Crippen LogP contribution in [0.5, 0.6) is 0 Å². The lowest BCUT2D eigenvalue weighted by Crippen LogP contribution is -2.41. The van der Waals surface area contributed by atoms with Crippen LogP contribution in [0.4, 0.5) is 3.89 Å². The molecule has 2 fully saturated rings. The lowest BCUT2D eigenvalue weighted by molar-refractivity contribution is 0.0157. The monoisotopic (exact) mass is 264 g/mol. The van der Waals surface area contributed by atoms with Gasteiger partial charge in [-0.1, -0.05) is 13.8 Å². The summed E-state index contributed by atoms with van der Waals surface area (Å²) >= 11 is 0. The van der Waals surface area contributed by atoms with E-state index >= 15 is 0 Å². The molecule has 3 unspecified atom stereocenters. The van der Waals surface area contributed by atoms with Crippen molar-refractivity contribution in [1.82, 2.24) is 0 Å². The molecule has 3 atom stereocenters. The Labute approximate surface area is 103 Å². The van der Waals surface area contributed by atoms with Crippen molar-refractivity contribution < 1.29 is 17.0 Å². The lowest BCUT2D eigenvalue weighted by atomic mass is 9.63. The van der Waals surface area contributed by atoms with E-state index in [-0.39, 0.29) is 5.41 Å². The van der Waals surface area contributed by atoms with Crippen molar-refractivity contribution in [3.63, 3.8) is 0 Å². The van der Waals surface area contributed by atoms with Gasteiger partial charge < -0.3 is 4.74 Å². The predicted molar refractivity (Wildman–Crippen MR) is 63.9 cm³/mol. The molecule has 3 nitrogen and oxygen atoms in total. The summed E-state index contributed by atoms with van der Waals surface area (Å²) in [5, 5.41) is 0. The molecule has 0 aromatic carbocycles. The summed E-state index contributed by atoms with van der Waals surface area (Å²) < 4.78 is 40.0. The molecule has 100 valence electrons. The highest BCUT2D eigenvalue weighted by molar-refractivity contribution is 7.86. The van der Waals surface area contributed by atoms with Crippen LogP contribution in [-0.4, -0.2) is 26.9 Å². The number of halogens is 1. The molecule has 1 aliphatic carbocycles. The fourth-order valence-electron chi connectivity index (χ4n) is 3.94. The minimum Gasteiger partial charge on any atom is -0.376 e. The standard InChI is InChI=1S/C12H21FO3S/c1-9-5-10(2)7-12(6-9)3-4-16-11(12)8-17(13,14)15/h9-11H,3-8H2,1-2H3. The van der Waals surface area contributed by atoms with E-state index in [0.717, 1.165) is 19.3 Å². The zero-order chi connectivity index (χ0) is 12.7. The van der Waals surface area contributed by atoms with Crippen molar-refractivity contribution in [1.29, 1.82) is 0 Å². The molecule has 1 aliphatic heterocycles. The molecule has 0 radical (unpaired) electrons. The van der Waals surface area contributed by atoms with Crippen molar-refractivity contribution in [2.75, 3.05) is 12.4 Å². The maximum absolute atomic E-state index is 12.9.